The Kier molecular flexibility index (Phi) is 4.01. The fourth-order valence-electron chi connectivity index (χ4n) is 2.44. The molecule has 15 heavy (non-hydrogen) atoms. The fraction of sp³-hybridized carbons (Fsp3) is 0.917. The van der Waals surface area contributed by atoms with Gasteiger partial charge in [-0.05, 0) is 38.5 Å². The molecule has 0 bridgehead atoms. The molecule has 3 nitrogen and oxygen atoms in total. The number of hydrogen-bond acceptors (Lipinski definition) is 2. The summed E-state index contributed by atoms with van der Waals surface area (Å²) in [5.74, 6) is 0.335. The van der Waals surface area contributed by atoms with Crippen molar-refractivity contribution in [1.82, 2.24) is 4.90 Å². The molecule has 0 N–H and O–H groups in total. The molecule has 0 aliphatic carbocycles. The van der Waals surface area contributed by atoms with Crippen molar-refractivity contribution in [2.45, 2.75) is 51.0 Å². The van der Waals surface area contributed by atoms with Gasteiger partial charge < -0.3 is 9.64 Å². The van der Waals surface area contributed by atoms with E-state index in [9.17, 15) is 4.79 Å². The van der Waals surface area contributed by atoms with E-state index in [4.69, 9.17) is 4.74 Å². The zero-order valence-electron chi connectivity index (χ0n) is 9.41. The Morgan fingerprint density at radius 3 is 2.67 bits per heavy atom. The Hall–Kier alpha value is -0.570. The molecular weight excluding hydrogens is 190 g/mol. The van der Waals surface area contributed by atoms with E-state index in [-0.39, 0.29) is 0 Å². The average Bonchev–Trinajstić information content (AvgIpc) is 2.81. The van der Waals surface area contributed by atoms with Gasteiger partial charge in [0.05, 0.1) is 6.10 Å². The number of likely N-dealkylation sites (tertiary alicyclic amines) is 1. The minimum atomic E-state index is 0.335. The predicted octanol–water partition coefficient (Wildman–Crippen LogP) is 1.96. The van der Waals surface area contributed by atoms with Crippen molar-refractivity contribution in [3.05, 3.63) is 0 Å². The predicted molar refractivity (Wildman–Crippen MR) is 58.6 cm³/mol. The molecule has 2 rings (SSSR count). The lowest BCUT2D eigenvalue weighted by atomic mass is 10.0. The van der Waals surface area contributed by atoms with Crippen LogP contribution in [0.15, 0.2) is 0 Å². The molecular formula is C12H21NO2. The van der Waals surface area contributed by atoms with Crippen LogP contribution >= 0.6 is 0 Å². The zero-order valence-corrected chi connectivity index (χ0v) is 9.41. The minimum absolute atomic E-state index is 0.335. The van der Waals surface area contributed by atoms with Crippen molar-refractivity contribution in [3.63, 3.8) is 0 Å². The summed E-state index contributed by atoms with van der Waals surface area (Å²) in [4.78, 5) is 13.8. The van der Waals surface area contributed by atoms with Gasteiger partial charge in [-0.3, -0.25) is 4.79 Å². The van der Waals surface area contributed by atoms with E-state index in [0.717, 1.165) is 32.5 Å². The maximum absolute atomic E-state index is 11.8. The number of ether oxygens (including phenoxy) is 1. The Bertz CT molecular complexity index is 206. The maximum Gasteiger partial charge on any atom is 0.222 e. The summed E-state index contributed by atoms with van der Waals surface area (Å²) in [6, 6.07) is 0. The van der Waals surface area contributed by atoms with E-state index in [2.05, 4.69) is 0 Å². The molecule has 2 saturated heterocycles. The average molecular weight is 211 g/mol. The number of carbonyl (C=O) groups is 1. The highest BCUT2D eigenvalue weighted by molar-refractivity contribution is 5.76. The zero-order chi connectivity index (χ0) is 10.5. The molecule has 0 spiro atoms. The van der Waals surface area contributed by atoms with Gasteiger partial charge in [-0.25, -0.2) is 0 Å². The van der Waals surface area contributed by atoms with Gasteiger partial charge in [0, 0.05) is 26.1 Å². The first kappa shape index (κ1) is 10.9. The third kappa shape index (κ3) is 3.20. The Balaban J connectivity index is 1.65. The van der Waals surface area contributed by atoms with Crippen molar-refractivity contribution in [1.29, 1.82) is 0 Å². The van der Waals surface area contributed by atoms with Crippen LogP contribution < -0.4 is 0 Å². The molecule has 0 aromatic rings. The van der Waals surface area contributed by atoms with Crippen LogP contribution in [0, 0.1) is 0 Å². The molecule has 0 radical (unpaired) electrons. The lowest BCUT2D eigenvalue weighted by Gasteiger charge is -2.23. The summed E-state index contributed by atoms with van der Waals surface area (Å²) in [6.45, 7) is 2.84. The van der Waals surface area contributed by atoms with Crippen molar-refractivity contribution in [2.75, 3.05) is 19.7 Å². The largest absolute Gasteiger partial charge is 0.378 e. The molecule has 0 saturated carbocycles. The smallest absolute Gasteiger partial charge is 0.222 e. The first-order chi connectivity index (χ1) is 7.36. The molecule has 1 amide bonds. The van der Waals surface area contributed by atoms with Gasteiger partial charge in [0.2, 0.25) is 5.91 Å². The van der Waals surface area contributed by atoms with Crippen LogP contribution in [0.3, 0.4) is 0 Å². The number of hydrogen-bond donors (Lipinski definition) is 0. The van der Waals surface area contributed by atoms with Crippen molar-refractivity contribution in [3.8, 4) is 0 Å². The highest BCUT2D eigenvalue weighted by atomic mass is 16.5. The van der Waals surface area contributed by atoms with Gasteiger partial charge in [-0.2, -0.15) is 0 Å². The third-order valence-electron chi connectivity index (χ3n) is 3.41. The highest BCUT2D eigenvalue weighted by Crippen LogP contribution is 2.18. The van der Waals surface area contributed by atoms with Crippen molar-refractivity contribution < 1.29 is 9.53 Å². The van der Waals surface area contributed by atoms with Crippen LogP contribution in [-0.2, 0) is 9.53 Å². The van der Waals surface area contributed by atoms with E-state index in [1.54, 1.807) is 0 Å². The Labute approximate surface area is 91.8 Å². The molecule has 2 heterocycles. The van der Waals surface area contributed by atoms with Crippen LogP contribution in [-0.4, -0.2) is 36.6 Å². The molecule has 0 aromatic carbocycles. The topological polar surface area (TPSA) is 29.5 Å². The minimum Gasteiger partial charge on any atom is -0.378 e. The fourth-order valence-corrected chi connectivity index (χ4v) is 2.44. The summed E-state index contributed by atoms with van der Waals surface area (Å²) >= 11 is 0. The second-order valence-corrected chi connectivity index (χ2v) is 4.62. The molecule has 86 valence electrons. The molecule has 2 aliphatic heterocycles. The van der Waals surface area contributed by atoms with Gasteiger partial charge in [0.1, 0.15) is 0 Å². The number of amides is 1. The molecule has 1 atom stereocenters. The molecule has 2 fully saturated rings. The SMILES string of the molecule is O=C(CCC1CCCCO1)N1CCCC1. The van der Waals surface area contributed by atoms with Crippen molar-refractivity contribution >= 4 is 5.91 Å². The van der Waals surface area contributed by atoms with Crippen LogP contribution in [0.2, 0.25) is 0 Å². The molecule has 2 aliphatic rings. The molecule has 3 heteroatoms. The Morgan fingerprint density at radius 2 is 2.00 bits per heavy atom. The van der Waals surface area contributed by atoms with Crippen LogP contribution in [0.1, 0.15) is 44.9 Å². The Morgan fingerprint density at radius 1 is 1.20 bits per heavy atom. The lowest BCUT2D eigenvalue weighted by molar-refractivity contribution is -0.131. The van der Waals surface area contributed by atoms with Crippen LogP contribution in [0.5, 0.6) is 0 Å². The summed E-state index contributed by atoms with van der Waals surface area (Å²) in [6.07, 6.45) is 7.94. The standard InChI is InChI=1S/C12H21NO2/c14-12(13-8-2-3-9-13)7-6-11-5-1-4-10-15-11/h11H,1-10H2. The van der Waals surface area contributed by atoms with E-state index < -0.39 is 0 Å². The second kappa shape index (κ2) is 5.50. The van der Waals surface area contributed by atoms with Crippen LogP contribution in [0.4, 0.5) is 0 Å². The quantitative estimate of drug-likeness (QED) is 0.714. The van der Waals surface area contributed by atoms with Gasteiger partial charge in [0.25, 0.3) is 0 Å². The maximum atomic E-state index is 11.8. The lowest BCUT2D eigenvalue weighted by Crippen LogP contribution is -2.29. The van der Waals surface area contributed by atoms with Crippen molar-refractivity contribution in [2.24, 2.45) is 0 Å². The first-order valence-corrected chi connectivity index (χ1v) is 6.25. The third-order valence-corrected chi connectivity index (χ3v) is 3.41. The van der Waals surface area contributed by atoms with Gasteiger partial charge >= 0.3 is 0 Å². The van der Waals surface area contributed by atoms with E-state index in [1.807, 2.05) is 4.90 Å². The monoisotopic (exact) mass is 211 g/mol. The molecule has 1 unspecified atom stereocenters. The first-order valence-electron chi connectivity index (χ1n) is 6.25. The highest BCUT2D eigenvalue weighted by Gasteiger charge is 2.20. The van der Waals surface area contributed by atoms with Crippen LogP contribution in [0.25, 0.3) is 0 Å². The van der Waals surface area contributed by atoms with Gasteiger partial charge in [0.15, 0.2) is 0 Å². The normalized spacial score (nSPS) is 26.9. The number of rotatable bonds is 3. The van der Waals surface area contributed by atoms with Gasteiger partial charge in [-0.1, -0.05) is 0 Å². The second-order valence-electron chi connectivity index (χ2n) is 4.62. The summed E-state index contributed by atoms with van der Waals surface area (Å²) in [5, 5.41) is 0. The number of carbonyl (C=O) groups excluding carboxylic acids is 1. The summed E-state index contributed by atoms with van der Waals surface area (Å²) in [7, 11) is 0. The van der Waals surface area contributed by atoms with E-state index in [0.29, 0.717) is 18.4 Å². The number of nitrogens with zero attached hydrogens (tertiary/aromatic N) is 1. The molecule has 0 aromatic heterocycles. The summed E-state index contributed by atoms with van der Waals surface area (Å²) < 4.78 is 5.62. The van der Waals surface area contributed by atoms with Gasteiger partial charge in [-0.15, -0.1) is 0 Å². The van der Waals surface area contributed by atoms with E-state index >= 15 is 0 Å². The van der Waals surface area contributed by atoms with E-state index in [1.165, 1.54) is 25.7 Å². The summed E-state index contributed by atoms with van der Waals surface area (Å²) in [5.41, 5.74) is 0.